The summed E-state index contributed by atoms with van der Waals surface area (Å²) in [4.78, 5) is 30.9. The number of carbonyl (C=O) groups excluding carboxylic acids is 1. The van der Waals surface area contributed by atoms with E-state index in [1.54, 1.807) is 23.9 Å². The van der Waals surface area contributed by atoms with E-state index in [9.17, 15) is 14.9 Å². The molecule has 11 heteroatoms. The van der Waals surface area contributed by atoms with Crippen molar-refractivity contribution in [3.8, 4) is 11.1 Å². The van der Waals surface area contributed by atoms with Crippen LogP contribution in [0.15, 0.2) is 131 Å². The molecule has 2 N–H and O–H groups in total. The van der Waals surface area contributed by atoms with E-state index in [0.29, 0.717) is 22.7 Å². The molecule has 1 fully saturated rings. The zero-order valence-electron chi connectivity index (χ0n) is 26.8. The van der Waals surface area contributed by atoms with Gasteiger partial charge in [0.25, 0.3) is 11.6 Å². The van der Waals surface area contributed by atoms with E-state index in [1.807, 2.05) is 66.7 Å². The molecular formula is C38H36ClN5O3S2. The molecule has 0 spiro atoms. The molecule has 0 aromatic heterocycles. The summed E-state index contributed by atoms with van der Waals surface area (Å²) in [6.07, 6.45) is 0. The van der Waals surface area contributed by atoms with Gasteiger partial charge in [-0.3, -0.25) is 24.5 Å². The van der Waals surface area contributed by atoms with Crippen LogP contribution in [0.3, 0.4) is 0 Å². The molecule has 6 rings (SSSR count). The first-order valence-corrected chi connectivity index (χ1v) is 18.2. The Morgan fingerprint density at radius 2 is 1.53 bits per heavy atom. The second-order valence-electron chi connectivity index (χ2n) is 11.5. The molecule has 1 aliphatic heterocycles. The fourth-order valence-electron chi connectivity index (χ4n) is 5.71. The molecule has 5 aromatic rings. The molecule has 5 aromatic carbocycles. The van der Waals surface area contributed by atoms with Crippen molar-refractivity contribution in [1.82, 2.24) is 9.62 Å². The van der Waals surface area contributed by atoms with Crippen LogP contribution < -0.4 is 14.9 Å². The van der Waals surface area contributed by atoms with E-state index in [1.165, 1.54) is 17.2 Å². The Morgan fingerprint density at radius 1 is 0.816 bits per heavy atom. The zero-order chi connectivity index (χ0) is 34.0. The summed E-state index contributed by atoms with van der Waals surface area (Å²) in [5.74, 6) is 0.507. The third-order valence-electron chi connectivity index (χ3n) is 8.29. The van der Waals surface area contributed by atoms with Crippen molar-refractivity contribution in [3.63, 3.8) is 0 Å². The molecule has 0 aliphatic carbocycles. The summed E-state index contributed by atoms with van der Waals surface area (Å²) >= 11 is 8.86. The maximum atomic E-state index is 12.9. The van der Waals surface area contributed by atoms with Crippen LogP contribution in [0.25, 0.3) is 11.1 Å². The summed E-state index contributed by atoms with van der Waals surface area (Å²) in [6, 6.07) is 39.1. The number of halogens is 1. The molecule has 0 saturated carbocycles. The van der Waals surface area contributed by atoms with Crippen LogP contribution in [0.5, 0.6) is 0 Å². The van der Waals surface area contributed by atoms with E-state index in [4.69, 9.17) is 11.6 Å². The second kappa shape index (κ2) is 16.8. The van der Waals surface area contributed by atoms with E-state index >= 15 is 0 Å². The van der Waals surface area contributed by atoms with Gasteiger partial charge >= 0.3 is 0 Å². The highest BCUT2D eigenvalue weighted by Gasteiger charge is 2.20. The monoisotopic (exact) mass is 709 g/mol. The molecule has 49 heavy (non-hydrogen) atoms. The number of hydrogen-bond acceptors (Lipinski definition) is 8. The van der Waals surface area contributed by atoms with Gasteiger partial charge in [-0.15, -0.1) is 11.8 Å². The second-order valence-corrected chi connectivity index (χ2v) is 14.0. The smallest absolute Gasteiger partial charge is 0.293 e. The Kier molecular flexibility index (Phi) is 11.8. The summed E-state index contributed by atoms with van der Waals surface area (Å²) in [7, 11) is 0. The number of amides is 1. The Hall–Kier alpha value is -4.48. The van der Waals surface area contributed by atoms with Crippen molar-refractivity contribution in [2.75, 3.05) is 48.7 Å². The van der Waals surface area contributed by atoms with E-state index in [-0.39, 0.29) is 11.6 Å². The van der Waals surface area contributed by atoms with Crippen molar-refractivity contribution in [2.45, 2.75) is 16.3 Å². The Balaban J connectivity index is 0.977. The Morgan fingerprint density at radius 3 is 2.27 bits per heavy atom. The first kappa shape index (κ1) is 34.4. The van der Waals surface area contributed by atoms with Crippen LogP contribution in [0, 0.1) is 10.1 Å². The summed E-state index contributed by atoms with van der Waals surface area (Å²) in [6.45, 7) is 5.09. The van der Waals surface area contributed by atoms with Crippen LogP contribution in [-0.2, 0) is 6.54 Å². The number of anilines is 2. The van der Waals surface area contributed by atoms with E-state index in [2.05, 4.69) is 56.2 Å². The minimum absolute atomic E-state index is 0.0285. The molecular weight excluding hydrogens is 674 g/mol. The van der Waals surface area contributed by atoms with E-state index < -0.39 is 4.92 Å². The van der Waals surface area contributed by atoms with Gasteiger partial charge in [-0.2, -0.15) is 0 Å². The number of nitrogens with one attached hydrogen (secondary N) is 2. The van der Waals surface area contributed by atoms with Crippen molar-refractivity contribution in [2.24, 2.45) is 0 Å². The predicted molar refractivity (Wildman–Crippen MR) is 203 cm³/mol. The van der Waals surface area contributed by atoms with Crippen molar-refractivity contribution < 1.29 is 9.72 Å². The van der Waals surface area contributed by atoms with Gasteiger partial charge in [0.05, 0.1) is 4.92 Å². The summed E-state index contributed by atoms with van der Waals surface area (Å²) in [5.41, 5.74) is 5.71. The van der Waals surface area contributed by atoms with Gasteiger partial charge in [0.1, 0.15) is 5.69 Å². The van der Waals surface area contributed by atoms with Gasteiger partial charge in [0, 0.05) is 77.2 Å². The highest BCUT2D eigenvalue weighted by atomic mass is 35.5. The fraction of sp³-hybridized carbons (Fsp3) is 0.184. The highest BCUT2D eigenvalue weighted by molar-refractivity contribution is 7.99. The first-order chi connectivity index (χ1) is 23.9. The number of benzene rings is 5. The predicted octanol–water partition coefficient (Wildman–Crippen LogP) is 8.88. The van der Waals surface area contributed by atoms with Gasteiger partial charge in [0.15, 0.2) is 0 Å². The summed E-state index contributed by atoms with van der Waals surface area (Å²) in [5, 5.41) is 15.7. The van der Waals surface area contributed by atoms with Crippen LogP contribution in [0.4, 0.5) is 17.1 Å². The van der Waals surface area contributed by atoms with Gasteiger partial charge in [-0.05, 0) is 89.3 Å². The summed E-state index contributed by atoms with van der Waals surface area (Å²) < 4.78 is 2.82. The minimum Gasteiger partial charge on any atom is -0.379 e. The number of hydrogen-bond donors (Lipinski definition) is 2. The topological polar surface area (TPSA) is 90.7 Å². The maximum Gasteiger partial charge on any atom is 0.293 e. The van der Waals surface area contributed by atoms with Gasteiger partial charge in [0.2, 0.25) is 0 Å². The lowest BCUT2D eigenvalue weighted by Crippen LogP contribution is -2.46. The van der Waals surface area contributed by atoms with Gasteiger partial charge in [-0.1, -0.05) is 66.2 Å². The average molecular weight is 710 g/mol. The highest BCUT2D eigenvalue weighted by Crippen LogP contribution is 2.30. The molecule has 1 aliphatic rings. The number of nitrogens with zero attached hydrogens (tertiary/aromatic N) is 3. The minimum atomic E-state index is -0.405. The van der Waals surface area contributed by atoms with Gasteiger partial charge < -0.3 is 10.2 Å². The number of thioether (sulfide) groups is 1. The van der Waals surface area contributed by atoms with Crippen LogP contribution in [0.1, 0.15) is 15.9 Å². The third-order valence-corrected chi connectivity index (χ3v) is 10.3. The third kappa shape index (κ3) is 9.36. The lowest BCUT2D eigenvalue weighted by Gasteiger charge is -2.36. The average Bonchev–Trinajstić information content (AvgIpc) is 3.14. The van der Waals surface area contributed by atoms with Crippen LogP contribution in [-0.4, -0.2) is 54.2 Å². The molecule has 1 amide bonds. The molecule has 250 valence electrons. The largest absolute Gasteiger partial charge is 0.379 e. The van der Waals surface area contributed by atoms with Crippen LogP contribution >= 0.6 is 35.3 Å². The normalized spacial score (nSPS) is 13.2. The lowest BCUT2D eigenvalue weighted by molar-refractivity contribution is -0.384. The van der Waals surface area contributed by atoms with Gasteiger partial charge in [-0.25, -0.2) is 0 Å². The lowest BCUT2D eigenvalue weighted by atomic mass is 9.99. The molecule has 0 unspecified atom stereocenters. The Labute approximate surface area is 300 Å². The molecule has 1 heterocycles. The fourth-order valence-corrected chi connectivity index (χ4v) is 7.26. The molecule has 0 radical (unpaired) electrons. The number of nitro benzene ring substituents is 1. The SMILES string of the molecule is O=C(NSc1ccc(NCCSc2ccccc2)c([N+](=O)[O-])c1)c1ccc(N2CCN(Cc3ccccc3-c3ccc(Cl)cc3)CC2)cc1. The molecule has 0 atom stereocenters. The maximum absolute atomic E-state index is 12.9. The number of rotatable bonds is 13. The number of piperazine rings is 1. The van der Waals surface area contributed by atoms with Crippen LogP contribution in [0.2, 0.25) is 5.02 Å². The Bertz CT molecular complexity index is 1870. The molecule has 1 saturated heterocycles. The zero-order valence-corrected chi connectivity index (χ0v) is 29.1. The molecule has 8 nitrogen and oxygen atoms in total. The standard InChI is InChI=1S/C38H36ClN5O3S2/c39-31-14-10-28(11-15-31)35-9-5-4-6-30(35)27-42-21-23-43(24-22-42)32-16-12-29(13-17-32)38(45)41-49-34-18-19-36(37(26-34)44(46)47)40-20-25-48-33-7-2-1-3-8-33/h1-19,26,40H,20-25,27H2,(H,41,45). The number of carbonyl (C=O) groups is 1. The quantitative estimate of drug-likeness (QED) is 0.0412. The first-order valence-electron chi connectivity index (χ1n) is 16.0. The number of nitro groups is 1. The van der Waals surface area contributed by atoms with Crippen molar-refractivity contribution >= 4 is 58.3 Å². The molecule has 0 bridgehead atoms. The van der Waals surface area contributed by atoms with Crippen molar-refractivity contribution in [1.29, 1.82) is 0 Å². The van der Waals surface area contributed by atoms with E-state index in [0.717, 1.165) is 71.6 Å². The van der Waals surface area contributed by atoms with Crippen molar-refractivity contribution in [3.05, 3.63) is 148 Å².